The van der Waals surface area contributed by atoms with Crippen LogP contribution in [0.2, 0.25) is 0 Å². The van der Waals surface area contributed by atoms with Crippen LogP contribution in [-0.2, 0) is 0 Å². The molecule has 20 heteroatoms. The largest absolute Gasteiger partial charge is 0.503 e. The maximum atomic E-state index is 13.0. The van der Waals surface area contributed by atoms with Crippen molar-refractivity contribution < 1.29 is 89.6 Å². The lowest BCUT2D eigenvalue weighted by Crippen LogP contribution is -2.74. The van der Waals surface area contributed by atoms with Crippen LogP contribution >= 0.6 is 0 Å². The van der Waals surface area contributed by atoms with Crippen molar-refractivity contribution in [3.8, 4) is 0 Å². The Labute approximate surface area is 157 Å². The minimum Gasteiger partial charge on any atom is -0.450 e. The van der Waals surface area contributed by atoms with E-state index in [1.54, 1.807) is 6.58 Å². The molecule has 0 aliphatic carbocycles. The molecule has 0 rings (SSSR count). The van der Waals surface area contributed by atoms with Gasteiger partial charge in [0.05, 0.1) is 0 Å². The molecule has 0 spiro atoms. The lowest BCUT2D eigenvalue weighted by atomic mass is 9.89. The van der Waals surface area contributed by atoms with Crippen LogP contribution in [0.4, 0.5) is 79.4 Å². The highest BCUT2D eigenvalue weighted by molar-refractivity contribution is 5.53. The Balaban J connectivity index is 0. The summed E-state index contributed by atoms with van der Waals surface area (Å²) in [5.41, 5.74) is 0. The second-order valence-electron chi connectivity index (χ2n) is 5.05. The Bertz CT molecular complexity index is 659. The SMILES string of the molecule is C=CC(F)(F)C(F)(F)C(F)(F)C(F)(F)C(F)(F)C(F)(F)C(F)(F)C(F)(F)F.O=C(O)O. The fourth-order valence-electron chi connectivity index (χ4n) is 1.30. The van der Waals surface area contributed by atoms with Crippen molar-refractivity contribution in [1.82, 2.24) is 0 Å². The average Bonchev–Trinajstić information content (AvgIpc) is 2.51. The molecule has 0 saturated carbocycles. The van der Waals surface area contributed by atoms with Gasteiger partial charge in [-0.1, -0.05) is 6.58 Å². The van der Waals surface area contributed by atoms with Crippen LogP contribution in [0.15, 0.2) is 12.7 Å². The zero-order valence-electron chi connectivity index (χ0n) is 13.5. The summed E-state index contributed by atoms with van der Waals surface area (Å²) in [4.78, 5) is 8.56. The number of halogens is 17. The van der Waals surface area contributed by atoms with Crippen LogP contribution in [0.25, 0.3) is 0 Å². The minimum atomic E-state index is -8.59. The molecule has 0 heterocycles. The van der Waals surface area contributed by atoms with Crippen molar-refractivity contribution in [2.24, 2.45) is 0 Å². The van der Waals surface area contributed by atoms with E-state index >= 15 is 0 Å². The summed E-state index contributed by atoms with van der Waals surface area (Å²) in [6.07, 6.45) is -11.1. The van der Waals surface area contributed by atoms with Crippen molar-refractivity contribution in [2.45, 2.75) is 47.6 Å². The summed E-state index contributed by atoms with van der Waals surface area (Å²) in [6, 6.07) is 0. The molecule has 0 atom stereocenters. The van der Waals surface area contributed by atoms with Gasteiger partial charge in [-0.25, -0.2) is 4.79 Å². The summed E-state index contributed by atoms with van der Waals surface area (Å²) in [5.74, 6) is -56.2. The first kappa shape index (κ1) is 31.0. The highest BCUT2D eigenvalue weighted by Gasteiger charge is 2.95. The molecule has 0 unspecified atom stereocenters. The summed E-state index contributed by atoms with van der Waals surface area (Å²) >= 11 is 0. The zero-order valence-corrected chi connectivity index (χ0v) is 13.5. The molecule has 0 amide bonds. The van der Waals surface area contributed by atoms with Crippen LogP contribution < -0.4 is 0 Å². The van der Waals surface area contributed by atoms with E-state index in [4.69, 9.17) is 15.0 Å². The Morgan fingerprint density at radius 2 is 0.710 bits per heavy atom. The first-order valence-corrected chi connectivity index (χ1v) is 6.31. The number of alkyl halides is 17. The van der Waals surface area contributed by atoms with Crippen molar-refractivity contribution in [3.63, 3.8) is 0 Å². The molecular formula is C11H5F17O3. The number of hydrogen-bond donors (Lipinski definition) is 2. The van der Waals surface area contributed by atoms with Crippen molar-refractivity contribution in [2.75, 3.05) is 0 Å². The zero-order chi connectivity index (χ0) is 26.3. The molecule has 0 bridgehead atoms. The first-order chi connectivity index (χ1) is 13.0. The van der Waals surface area contributed by atoms with Gasteiger partial charge in [0.25, 0.3) is 0 Å². The lowest BCUT2D eigenvalue weighted by Gasteiger charge is -2.42. The Morgan fingerprint density at radius 1 is 0.516 bits per heavy atom. The molecule has 3 nitrogen and oxygen atoms in total. The number of carbonyl (C=O) groups is 1. The van der Waals surface area contributed by atoms with Gasteiger partial charge >= 0.3 is 53.8 Å². The topological polar surface area (TPSA) is 57.5 Å². The number of carboxylic acid groups (broad SMARTS) is 2. The Kier molecular flexibility index (Phi) is 8.06. The summed E-state index contributed by atoms with van der Waals surface area (Å²) < 4.78 is 215. The van der Waals surface area contributed by atoms with Crippen molar-refractivity contribution in [1.29, 1.82) is 0 Å². The van der Waals surface area contributed by atoms with Gasteiger partial charge in [-0.05, 0) is 6.08 Å². The molecule has 0 fully saturated rings. The van der Waals surface area contributed by atoms with Crippen molar-refractivity contribution >= 4 is 6.16 Å². The molecular weight excluding hydrogens is 503 g/mol. The van der Waals surface area contributed by atoms with E-state index in [0.717, 1.165) is 0 Å². The number of allylic oxidation sites excluding steroid dienone is 1. The van der Waals surface area contributed by atoms with Gasteiger partial charge in [0.15, 0.2) is 0 Å². The van der Waals surface area contributed by atoms with E-state index in [1.165, 1.54) is 0 Å². The normalized spacial score (nSPS) is 15.1. The first-order valence-electron chi connectivity index (χ1n) is 6.31. The Morgan fingerprint density at radius 3 is 0.903 bits per heavy atom. The van der Waals surface area contributed by atoms with E-state index in [0.29, 0.717) is 0 Å². The predicted octanol–water partition coefficient (Wildman–Crippen LogP) is 6.40. The number of hydrogen-bond acceptors (Lipinski definition) is 1. The highest BCUT2D eigenvalue weighted by Crippen LogP contribution is 2.63. The average molecular weight is 508 g/mol. The second kappa shape index (κ2) is 8.06. The van der Waals surface area contributed by atoms with Crippen molar-refractivity contribution in [3.05, 3.63) is 12.7 Å². The fourth-order valence-corrected chi connectivity index (χ4v) is 1.30. The molecule has 0 aromatic rings. The quantitative estimate of drug-likeness (QED) is 0.309. The summed E-state index contributed by atoms with van der Waals surface area (Å²) in [6.45, 7) is 1.76. The molecule has 0 aromatic heterocycles. The minimum absolute atomic E-state index is 1.50. The maximum absolute atomic E-state index is 13.0. The summed E-state index contributed by atoms with van der Waals surface area (Å²) in [7, 11) is 0. The standard InChI is InChI=1S/C10H3F17.CH2O3/c1-2-3(11,12)4(13,14)5(15,16)6(17,18)7(19,20)8(21,22)9(23,24)10(25,26)27;2-1(3)4/h2H,1H2;(H2,2,3,4). The van der Waals surface area contributed by atoms with Gasteiger partial charge in [0.1, 0.15) is 0 Å². The van der Waals surface area contributed by atoms with Crippen LogP contribution in [0.5, 0.6) is 0 Å². The molecule has 186 valence electrons. The van der Waals surface area contributed by atoms with E-state index in [-0.39, 0.29) is 0 Å². The van der Waals surface area contributed by atoms with Gasteiger partial charge in [-0.15, -0.1) is 0 Å². The van der Waals surface area contributed by atoms with E-state index in [9.17, 15) is 74.6 Å². The number of rotatable bonds is 7. The lowest BCUT2D eigenvalue weighted by molar-refractivity contribution is -0.459. The van der Waals surface area contributed by atoms with Gasteiger partial charge in [0, 0.05) is 0 Å². The third-order valence-corrected chi connectivity index (χ3v) is 3.00. The molecule has 0 aliphatic heterocycles. The van der Waals surface area contributed by atoms with Crippen LogP contribution in [0, 0.1) is 0 Å². The van der Waals surface area contributed by atoms with Crippen LogP contribution in [0.1, 0.15) is 0 Å². The Hall–Kier alpha value is -2.18. The van der Waals surface area contributed by atoms with E-state index in [1.807, 2.05) is 0 Å². The maximum Gasteiger partial charge on any atom is 0.503 e. The molecule has 0 radical (unpaired) electrons. The molecule has 0 saturated heterocycles. The van der Waals surface area contributed by atoms with E-state index < -0.39 is 59.9 Å². The molecule has 2 N–H and O–H groups in total. The van der Waals surface area contributed by atoms with E-state index in [2.05, 4.69) is 0 Å². The second-order valence-corrected chi connectivity index (χ2v) is 5.05. The molecule has 31 heavy (non-hydrogen) atoms. The molecule has 0 aromatic carbocycles. The van der Waals surface area contributed by atoms with Gasteiger partial charge in [-0.3, -0.25) is 0 Å². The van der Waals surface area contributed by atoms with Gasteiger partial charge in [0.2, 0.25) is 0 Å². The smallest absolute Gasteiger partial charge is 0.450 e. The monoisotopic (exact) mass is 508 g/mol. The van der Waals surface area contributed by atoms with Crippen LogP contribution in [0.3, 0.4) is 0 Å². The van der Waals surface area contributed by atoms with Crippen LogP contribution in [-0.4, -0.2) is 64.0 Å². The fraction of sp³-hybridized carbons (Fsp3) is 0.727. The predicted molar refractivity (Wildman–Crippen MR) is 61.5 cm³/mol. The van der Waals surface area contributed by atoms with Gasteiger partial charge in [-0.2, -0.15) is 74.6 Å². The highest BCUT2D eigenvalue weighted by atomic mass is 19.4. The third-order valence-electron chi connectivity index (χ3n) is 3.00. The van der Waals surface area contributed by atoms with Gasteiger partial charge < -0.3 is 10.2 Å². The molecule has 0 aliphatic rings. The third kappa shape index (κ3) is 4.55. The summed E-state index contributed by atoms with van der Waals surface area (Å²) in [5, 5.41) is 13.9.